The van der Waals surface area contributed by atoms with Crippen molar-refractivity contribution in [2.24, 2.45) is 5.50 Å². The molecule has 1 saturated heterocycles. The second kappa shape index (κ2) is 8.53. The predicted molar refractivity (Wildman–Crippen MR) is 97.4 cm³/mol. The summed E-state index contributed by atoms with van der Waals surface area (Å²) in [5, 5.41) is 20.4. The average Bonchev–Trinajstić information content (AvgIpc) is 3.13. The van der Waals surface area contributed by atoms with Gasteiger partial charge in [0.1, 0.15) is 30.2 Å². The van der Waals surface area contributed by atoms with Crippen molar-refractivity contribution in [1.29, 1.82) is 0 Å². The first kappa shape index (κ1) is 24.3. The highest BCUT2D eigenvalue weighted by atomic mass is 31.3. The lowest BCUT2D eigenvalue weighted by atomic mass is 10.1. The largest absolute Gasteiger partial charge is 0.489 e. The summed E-state index contributed by atoms with van der Waals surface area (Å²) in [6, 6.07) is 0. The van der Waals surface area contributed by atoms with E-state index in [1.54, 1.807) is 0 Å². The minimum atomic E-state index is -5.58. The molecule has 2 aromatic rings. The first-order valence-electron chi connectivity index (χ1n) is 7.98. The van der Waals surface area contributed by atoms with Crippen LogP contribution in [0.4, 0.5) is 5.82 Å². The Hall–Kier alpha value is -1.36. The van der Waals surface area contributed by atoms with E-state index in [0.717, 1.165) is 6.33 Å². The molecule has 9 N–H and O–H groups in total. The van der Waals surface area contributed by atoms with E-state index in [0.29, 0.717) is 0 Å². The molecule has 0 radical (unpaired) electrons. The third-order valence-corrected chi connectivity index (χ3v) is 7.71. The lowest BCUT2D eigenvalue weighted by Crippen LogP contribution is -2.33. The molecule has 1 aliphatic rings. The van der Waals surface area contributed by atoms with Crippen LogP contribution < -0.4 is 11.2 Å². The van der Waals surface area contributed by atoms with Gasteiger partial charge in [-0.3, -0.25) is 9.09 Å². The molecule has 3 rings (SSSR count). The minimum Gasteiger partial charge on any atom is -0.387 e. The van der Waals surface area contributed by atoms with Crippen molar-refractivity contribution in [3.8, 4) is 0 Å². The third kappa shape index (κ3) is 5.71. The Kier molecular flexibility index (Phi) is 6.68. The lowest BCUT2D eigenvalue weighted by Gasteiger charge is -2.19. The van der Waals surface area contributed by atoms with Crippen molar-refractivity contribution in [3.05, 3.63) is 12.7 Å². The summed E-state index contributed by atoms with van der Waals surface area (Å²) in [6.07, 6.45) is -3.59. The van der Waals surface area contributed by atoms with E-state index < -0.39 is 54.5 Å². The van der Waals surface area contributed by atoms with Gasteiger partial charge in [-0.1, -0.05) is 0 Å². The molecule has 18 nitrogen and oxygen atoms in total. The fraction of sp³-hybridized carbons (Fsp3) is 0.500. The fourth-order valence-corrected chi connectivity index (χ4v) is 5.77. The maximum atomic E-state index is 11.8. The number of imidazole rings is 1. The Bertz CT molecular complexity index is 1110. The van der Waals surface area contributed by atoms with Crippen molar-refractivity contribution < 1.29 is 56.5 Å². The Morgan fingerprint density at radius 2 is 1.74 bits per heavy atom. The van der Waals surface area contributed by atoms with Crippen molar-refractivity contribution in [1.82, 2.24) is 19.5 Å². The van der Waals surface area contributed by atoms with Crippen molar-refractivity contribution in [2.45, 2.75) is 24.5 Å². The van der Waals surface area contributed by atoms with Gasteiger partial charge in [0.25, 0.3) is 0 Å². The van der Waals surface area contributed by atoms with Crippen LogP contribution in [0.25, 0.3) is 11.2 Å². The highest BCUT2D eigenvalue weighted by Crippen LogP contribution is 2.65. The molecule has 0 bridgehead atoms. The molecule has 0 saturated carbocycles. The molecule has 0 aliphatic carbocycles. The predicted octanol–water partition coefficient (Wildman–Crippen LogP) is -1.66. The van der Waals surface area contributed by atoms with E-state index in [4.69, 9.17) is 15.4 Å². The highest BCUT2D eigenvalue weighted by Gasteiger charge is 2.46. The minimum absolute atomic E-state index is 0.0515. The second-order valence-corrected chi connectivity index (χ2v) is 10.7. The molecule has 2 aromatic heterocycles. The van der Waals surface area contributed by atoms with Crippen LogP contribution in [0.5, 0.6) is 0 Å². The van der Waals surface area contributed by atoms with E-state index in [1.165, 1.54) is 10.9 Å². The van der Waals surface area contributed by atoms with Crippen LogP contribution in [-0.4, -0.2) is 69.3 Å². The summed E-state index contributed by atoms with van der Waals surface area (Å²) >= 11 is 0. The van der Waals surface area contributed by atoms with Gasteiger partial charge < -0.3 is 35.4 Å². The molecular weight excluding hydrogens is 489 g/mol. The number of hydrogen-bond donors (Lipinski definition) is 7. The van der Waals surface area contributed by atoms with Crippen molar-refractivity contribution >= 4 is 40.4 Å². The smallest absolute Gasteiger partial charge is 0.387 e. The van der Waals surface area contributed by atoms with Gasteiger partial charge >= 0.3 is 23.4 Å². The number of nitrogens with zero attached hydrogens (tertiary/aromatic N) is 4. The molecule has 0 spiro atoms. The number of anilines is 1. The number of nitrogens with two attached hydrogens (primary N) is 2. The van der Waals surface area contributed by atoms with Gasteiger partial charge in [-0.05, 0) is 0 Å². The number of aliphatic hydroxyl groups is 2. The number of aliphatic hydroxyl groups excluding tert-OH is 2. The Morgan fingerprint density at radius 1 is 1.06 bits per heavy atom. The van der Waals surface area contributed by atoms with Gasteiger partial charge in [-0.25, -0.2) is 34.2 Å². The molecular formula is C10H17N6O12P3. The Balaban J connectivity index is 1.69. The molecule has 3 unspecified atom stereocenters. The van der Waals surface area contributed by atoms with Crippen LogP contribution in [-0.2, 0) is 31.6 Å². The highest BCUT2D eigenvalue weighted by molar-refractivity contribution is 7.67. The number of aromatic nitrogens is 4. The quantitative estimate of drug-likeness (QED) is 0.197. The van der Waals surface area contributed by atoms with Crippen molar-refractivity contribution in [2.75, 3.05) is 12.3 Å². The Labute approximate surface area is 172 Å². The van der Waals surface area contributed by atoms with E-state index in [-0.39, 0.29) is 17.0 Å². The number of nitrogen functional groups attached to an aromatic ring is 1. The van der Waals surface area contributed by atoms with Gasteiger partial charge in [-0.15, -0.1) is 0 Å². The van der Waals surface area contributed by atoms with Crippen LogP contribution in [0.3, 0.4) is 0 Å². The Morgan fingerprint density at radius 3 is 2.39 bits per heavy atom. The topological polar surface area (TPSA) is 285 Å². The maximum absolute atomic E-state index is 11.8. The van der Waals surface area contributed by atoms with Crippen LogP contribution in [0.1, 0.15) is 6.23 Å². The van der Waals surface area contributed by atoms with E-state index in [9.17, 15) is 33.7 Å². The van der Waals surface area contributed by atoms with Crippen LogP contribution in [0, 0.1) is 0 Å². The molecule has 1 fully saturated rings. The van der Waals surface area contributed by atoms with Crippen LogP contribution in [0.2, 0.25) is 0 Å². The first-order valence-corrected chi connectivity index (χ1v) is 12.6. The number of fused-ring (bicyclic) bond motifs is 1. The van der Waals surface area contributed by atoms with Crippen molar-refractivity contribution in [3.63, 3.8) is 0 Å². The summed E-state index contributed by atoms with van der Waals surface area (Å²) < 4.78 is 52.6. The third-order valence-electron chi connectivity index (χ3n) is 3.83. The standard InChI is InChI=1S/C10H17N6O12P3/c11-8-5-9(14-2-13-8)16(3-15-5)10-7(18)6(17)4(26-10)1-25-30(21,22)28-31(23,24)27-29(12,19)20/h2-4,6-7,10,17-18H,1H2,(H,21,22)(H,23,24)(H2,11,13,14)(H3,12,19,20)/t4-,6-,7-,10-/m1/s1. The van der Waals surface area contributed by atoms with E-state index in [1.807, 2.05) is 0 Å². The zero-order valence-electron chi connectivity index (χ0n) is 15.1. The number of hydrogen-bond acceptors (Lipinski definition) is 13. The number of phosphoric ester groups is 1. The van der Waals surface area contributed by atoms with Crippen LogP contribution in [0.15, 0.2) is 12.7 Å². The van der Waals surface area contributed by atoms with Gasteiger partial charge in [0.2, 0.25) is 0 Å². The molecule has 7 atom stereocenters. The summed E-state index contributed by atoms with van der Waals surface area (Å²) in [5.41, 5.74) is 10.5. The average molecular weight is 506 g/mol. The van der Waals surface area contributed by atoms with Crippen LogP contribution >= 0.6 is 23.4 Å². The SMILES string of the molecule is Nc1ncnc2c1ncn2[C@@H]1O[C@H](COP(=O)(O)OP(=O)(O)OP(N)(=O)O)[C@@H](O)[C@H]1O. The summed E-state index contributed by atoms with van der Waals surface area (Å²) in [6.45, 7) is -0.925. The zero-order chi connectivity index (χ0) is 23.2. The lowest BCUT2D eigenvalue weighted by molar-refractivity contribution is -0.0503. The normalized spacial score (nSPS) is 30.0. The zero-order valence-corrected chi connectivity index (χ0v) is 17.7. The summed E-state index contributed by atoms with van der Waals surface area (Å²) in [5.74, 6) is 0.0515. The monoisotopic (exact) mass is 506 g/mol. The number of ether oxygens (including phenoxy) is 1. The number of rotatable bonds is 8. The first-order chi connectivity index (χ1) is 14.2. The molecule has 21 heteroatoms. The molecule has 31 heavy (non-hydrogen) atoms. The van der Waals surface area contributed by atoms with Gasteiger partial charge in [0.05, 0.1) is 12.9 Å². The van der Waals surface area contributed by atoms with E-state index >= 15 is 0 Å². The van der Waals surface area contributed by atoms with Gasteiger partial charge in [0, 0.05) is 0 Å². The molecule has 0 aromatic carbocycles. The van der Waals surface area contributed by atoms with Gasteiger partial charge in [-0.2, -0.15) is 8.62 Å². The second-order valence-electron chi connectivity index (χ2n) is 6.09. The van der Waals surface area contributed by atoms with Gasteiger partial charge in [0.15, 0.2) is 17.7 Å². The molecule has 0 amide bonds. The summed E-state index contributed by atoms with van der Waals surface area (Å²) in [7, 11) is -16.0. The molecule has 174 valence electrons. The summed E-state index contributed by atoms with van der Waals surface area (Å²) in [4.78, 5) is 39.1. The molecule has 1 aliphatic heterocycles. The maximum Gasteiger partial charge on any atom is 0.489 e. The fourth-order valence-electron chi connectivity index (χ4n) is 2.64. The number of phosphoric acid groups is 2. The molecule has 3 heterocycles. The van der Waals surface area contributed by atoms with E-state index in [2.05, 4.69) is 33.6 Å².